The van der Waals surface area contributed by atoms with Gasteiger partial charge in [0.1, 0.15) is 0 Å². The lowest BCUT2D eigenvalue weighted by Gasteiger charge is -2.04. The van der Waals surface area contributed by atoms with Gasteiger partial charge in [-0.05, 0) is 12.1 Å². The number of aromatic amines is 1. The number of benzene rings is 1. The number of H-pyrrole nitrogens is 1. The molecule has 7 nitrogen and oxygen atoms in total. The summed E-state index contributed by atoms with van der Waals surface area (Å²) < 4.78 is 6.07. The quantitative estimate of drug-likeness (QED) is 0.695. The molecule has 0 bridgehead atoms. The van der Waals surface area contributed by atoms with Crippen molar-refractivity contribution in [3.63, 3.8) is 0 Å². The zero-order chi connectivity index (χ0) is 11.7. The van der Waals surface area contributed by atoms with Crippen LogP contribution in [0.4, 0.5) is 0 Å². The van der Waals surface area contributed by atoms with Crippen LogP contribution >= 0.6 is 0 Å². The van der Waals surface area contributed by atoms with E-state index in [0.717, 1.165) is 5.69 Å². The van der Waals surface area contributed by atoms with Gasteiger partial charge in [0.2, 0.25) is 0 Å². The third-order valence-electron chi connectivity index (χ3n) is 2.27. The van der Waals surface area contributed by atoms with Crippen LogP contribution < -0.4 is 5.76 Å². The summed E-state index contributed by atoms with van der Waals surface area (Å²) in [6, 6.07) is 7.35. The first-order valence-electron chi connectivity index (χ1n) is 4.87. The van der Waals surface area contributed by atoms with Crippen LogP contribution in [0.15, 0.2) is 46.0 Å². The summed E-state index contributed by atoms with van der Waals surface area (Å²) in [5.41, 5.74) is 1.47. The van der Waals surface area contributed by atoms with Crippen molar-refractivity contribution in [3.8, 4) is 17.1 Å². The van der Waals surface area contributed by atoms with Crippen molar-refractivity contribution >= 4 is 0 Å². The van der Waals surface area contributed by atoms with E-state index in [0.29, 0.717) is 11.4 Å². The van der Waals surface area contributed by atoms with Crippen molar-refractivity contribution in [2.45, 2.75) is 0 Å². The van der Waals surface area contributed by atoms with E-state index in [1.807, 2.05) is 24.3 Å². The molecule has 0 unspecified atom stereocenters. The van der Waals surface area contributed by atoms with Crippen LogP contribution in [0.5, 0.6) is 0 Å². The van der Waals surface area contributed by atoms with Crippen molar-refractivity contribution < 1.29 is 4.52 Å². The third kappa shape index (κ3) is 1.63. The Morgan fingerprint density at radius 3 is 2.88 bits per heavy atom. The minimum atomic E-state index is -0.589. The van der Waals surface area contributed by atoms with Gasteiger partial charge in [-0.25, -0.2) is 9.48 Å². The predicted molar refractivity (Wildman–Crippen MR) is 57.5 cm³/mol. The molecule has 0 saturated heterocycles. The minimum Gasteiger partial charge on any atom is -0.296 e. The Balaban J connectivity index is 2.21. The summed E-state index contributed by atoms with van der Waals surface area (Å²) in [6.45, 7) is 0. The zero-order valence-corrected chi connectivity index (χ0v) is 8.57. The van der Waals surface area contributed by atoms with Crippen LogP contribution in [-0.4, -0.2) is 25.1 Å². The van der Waals surface area contributed by atoms with Crippen molar-refractivity contribution in [3.05, 3.63) is 47.2 Å². The maximum absolute atomic E-state index is 10.9. The van der Waals surface area contributed by atoms with Gasteiger partial charge in [0, 0.05) is 5.56 Å². The van der Waals surface area contributed by atoms with Gasteiger partial charge in [-0.3, -0.25) is 9.51 Å². The smallest absolute Gasteiger partial charge is 0.296 e. The third-order valence-corrected chi connectivity index (χ3v) is 2.27. The zero-order valence-electron chi connectivity index (χ0n) is 8.57. The van der Waals surface area contributed by atoms with Crippen molar-refractivity contribution in [2.24, 2.45) is 0 Å². The van der Waals surface area contributed by atoms with Gasteiger partial charge in [-0.1, -0.05) is 22.5 Å². The molecule has 0 aliphatic rings. The molecule has 0 aliphatic heterocycles. The van der Waals surface area contributed by atoms with Gasteiger partial charge in [0.15, 0.2) is 5.82 Å². The number of para-hydroxylation sites is 1. The van der Waals surface area contributed by atoms with E-state index >= 15 is 0 Å². The Hall–Kier alpha value is -2.70. The van der Waals surface area contributed by atoms with Gasteiger partial charge in [-0.15, -0.1) is 5.10 Å². The molecule has 2 aromatic heterocycles. The number of hydrogen-bond donors (Lipinski definition) is 1. The normalized spacial score (nSPS) is 10.6. The van der Waals surface area contributed by atoms with E-state index in [-0.39, 0.29) is 0 Å². The largest absolute Gasteiger partial charge is 0.439 e. The average Bonchev–Trinajstić information content (AvgIpc) is 3.00. The highest BCUT2D eigenvalue weighted by atomic mass is 16.5. The Kier molecular flexibility index (Phi) is 2.08. The molecule has 0 atom stereocenters. The molecular weight excluding hydrogens is 222 g/mol. The van der Waals surface area contributed by atoms with Crippen molar-refractivity contribution in [1.29, 1.82) is 0 Å². The molecule has 0 spiro atoms. The Morgan fingerprint density at radius 2 is 2.18 bits per heavy atom. The second-order valence-corrected chi connectivity index (χ2v) is 3.31. The summed E-state index contributed by atoms with van der Waals surface area (Å²) in [4.78, 5) is 13.4. The van der Waals surface area contributed by atoms with Crippen LogP contribution in [-0.2, 0) is 0 Å². The fraction of sp³-hybridized carbons (Fsp3) is 0. The highest BCUT2D eigenvalue weighted by molar-refractivity contribution is 5.66. The van der Waals surface area contributed by atoms with E-state index in [2.05, 4.69) is 25.0 Å². The Bertz CT molecular complexity index is 683. The highest BCUT2D eigenvalue weighted by Crippen LogP contribution is 2.21. The van der Waals surface area contributed by atoms with E-state index in [1.54, 1.807) is 17.1 Å². The molecule has 84 valence electrons. The predicted octanol–water partition coefficient (Wildman–Crippen LogP) is 0.611. The molecule has 0 amide bonds. The van der Waals surface area contributed by atoms with Crippen LogP contribution in [0.2, 0.25) is 0 Å². The molecule has 0 aliphatic carbocycles. The molecule has 0 fully saturated rings. The molecule has 3 rings (SSSR count). The van der Waals surface area contributed by atoms with E-state index in [4.69, 9.17) is 0 Å². The standard InChI is InChI=1S/C10H7N5O2/c16-10-12-9(13-17-10)7-3-1-2-4-8(7)15-6-5-11-14-15/h1-6H,(H,12,13,16). The van der Waals surface area contributed by atoms with E-state index in [1.165, 1.54) is 0 Å². The van der Waals surface area contributed by atoms with Gasteiger partial charge < -0.3 is 0 Å². The van der Waals surface area contributed by atoms with Gasteiger partial charge >= 0.3 is 5.76 Å². The molecule has 0 saturated carbocycles. The summed E-state index contributed by atoms with van der Waals surface area (Å²) in [5.74, 6) is -0.227. The SMILES string of the molecule is O=c1[nH]c(-c2ccccc2-n2ccnn2)no1. The minimum absolute atomic E-state index is 0.362. The second kappa shape index (κ2) is 3.71. The lowest BCUT2D eigenvalue weighted by Crippen LogP contribution is -2.00. The average molecular weight is 229 g/mol. The molecule has 2 heterocycles. The van der Waals surface area contributed by atoms with Crippen LogP contribution in [0.1, 0.15) is 0 Å². The molecule has 1 N–H and O–H groups in total. The first-order chi connectivity index (χ1) is 8.34. The van der Waals surface area contributed by atoms with Gasteiger partial charge in [0.25, 0.3) is 0 Å². The molecule has 3 aromatic rings. The number of hydrogen-bond acceptors (Lipinski definition) is 5. The fourth-order valence-electron chi connectivity index (χ4n) is 1.56. The summed E-state index contributed by atoms with van der Waals surface area (Å²) in [6.07, 6.45) is 3.28. The number of nitrogens with zero attached hydrogens (tertiary/aromatic N) is 4. The van der Waals surface area contributed by atoms with Gasteiger partial charge in [-0.2, -0.15) is 0 Å². The van der Waals surface area contributed by atoms with Gasteiger partial charge in [0.05, 0.1) is 18.1 Å². The maximum Gasteiger partial charge on any atom is 0.439 e. The van der Waals surface area contributed by atoms with Crippen LogP contribution in [0.3, 0.4) is 0 Å². The van der Waals surface area contributed by atoms with Crippen molar-refractivity contribution in [2.75, 3.05) is 0 Å². The molecular formula is C10H7N5O2. The van der Waals surface area contributed by atoms with E-state index in [9.17, 15) is 4.79 Å². The summed E-state index contributed by atoms with van der Waals surface area (Å²) in [7, 11) is 0. The highest BCUT2D eigenvalue weighted by Gasteiger charge is 2.10. The van der Waals surface area contributed by atoms with Crippen LogP contribution in [0, 0.1) is 0 Å². The Labute approximate surface area is 94.7 Å². The second-order valence-electron chi connectivity index (χ2n) is 3.31. The lowest BCUT2D eigenvalue weighted by molar-refractivity contribution is 0.388. The maximum atomic E-state index is 10.9. The topological polar surface area (TPSA) is 89.6 Å². The summed E-state index contributed by atoms with van der Waals surface area (Å²) >= 11 is 0. The lowest BCUT2D eigenvalue weighted by atomic mass is 10.1. The number of aromatic nitrogens is 5. The Morgan fingerprint density at radius 1 is 1.29 bits per heavy atom. The number of nitrogens with one attached hydrogen (secondary N) is 1. The van der Waals surface area contributed by atoms with E-state index < -0.39 is 5.76 Å². The fourth-order valence-corrected chi connectivity index (χ4v) is 1.56. The first-order valence-corrected chi connectivity index (χ1v) is 4.87. The molecule has 17 heavy (non-hydrogen) atoms. The molecule has 1 aromatic carbocycles. The van der Waals surface area contributed by atoms with Crippen LogP contribution in [0.25, 0.3) is 17.1 Å². The summed E-state index contributed by atoms with van der Waals surface area (Å²) in [5, 5.41) is 11.3. The molecule has 0 radical (unpaired) electrons. The first kappa shape index (κ1) is 9.52. The van der Waals surface area contributed by atoms with Crippen molar-refractivity contribution in [1.82, 2.24) is 25.1 Å². The monoisotopic (exact) mass is 229 g/mol. The molecule has 7 heteroatoms. The number of rotatable bonds is 2.